The zero-order valence-electron chi connectivity index (χ0n) is 20.4. The van der Waals surface area contributed by atoms with Crippen LogP contribution in [0.25, 0.3) is 11.3 Å². The fraction of sp³-hybridized carbons (Fsp3) is 0.0333. The van der Waals surface area contributed by atoms with Crippen molar-refractivity contribution in [2.75, 3.05) is 10.7 Å². The van der Waals surface area contributed by atoms with Crippen LogP contribution < -0.4 is 15.5 Å². The van der Waals surface area contributed by atoms with E-state index in [-0.39, 0.29) is 5.91 Å². The molecule has 2 N–H and O–H groups in total. The number of aromatic nitrogens is 1. The van der Waals surface area contributed by atoms with Gasteiger partial charge in [0.05, 0.1) is 6.21 Å². The lowest BCUT2D eigenvalue weighted by Crippen LogP contribution is -2.11. The van der Waals surface area contributed by atoms with Crippen molar-refractivity contribution in [1.82, 2.24) is 4.98 Å². The van der Waals surface area contributed by atoms with Gasteiger partial charge in [0.15, 0.2) is 0 Å². The van der Waals surface area contributed by atoms with E-state index in [0.717, 1.165) is 22.4 Å². The number of hydrogen-bond donors (Lipinski definition) is 2. The average Bonchev–Trinajstić information content (AvgIpc) is 3.32. The van der Waals surface area contributed by atoms with E-state index in [0.29, 0.717) is 27.1 Å². The molecule has 5 rings (SSSR count). The van der Waals surface area contributed by atoms with Gasteiger partial charge in [-0.1, -0.05) is 71.5 Å². The van der Waals surface area contributed by atoms with Crippen LogP contribution in [0.1, 0.15) is 21.5 Å². The zero-order chi connectivity index (χ0) is 26.3. The molecule has 5 aromatic rings. The Labute approximate surface area is 223 Å². The van der Waals surface area contributed by atoms with Crippen LogP contribution >= 0.6 is 11.3 Å². The summed E-state index contributed by atoms with van der Waals surface area (Å²) in [6.45, 7) is 2.00. The molecular formula is C30H23FN4O2S. The van der Waals surface area contributed by atoms with E-state index >= 15 is 0 Å². The van der Waals surface area contributed by atoms with Gasteiger partial charge in [0.1, 0.15) is 28.0 Å². The summed E-state index contributed by atoms with van der Waals surface area (Å²) in [7, 11) is 0. The molecule has 1 amide bonds. The summed E-state index contributed by atoms with van der Waals surface area (Å²) >= 11 is 1.26. The minimum atomic E-state index is -0.402. The number of amides is 1. The Balaban J connectivity index is 1.34. The van der Waals surface area contributed by atoms with Crippen molar-refractivity contribution < 1.29 is 13.9 Å². The summed E-state index contributed by atoms with van der Waals surface area (Å²) < 4.78 is 19.2. The van der Waals surface area contributed by atoms with Crippen molar-refractivity contribution >= 4 is 33.6 Å². The maximum absolute atomic E-state index is 13.3. The zero-order valence-corrected chi connectivity index (χ0v) is 21.2. The maximum Gasteiger partial charge on any atom is 0.256 e. The lowest BCUT2D eigenvalue weighted by molar-refractivity contribution is 0.102. The fourth-order valence-corrected chi connectivity index (χ4v) is 4.41. The van der Waals surface area contributed by atoms with Crippen molar-refractivity contribution in [3.05, 3.63) is 126 Å². The van der Waals surface area contributed by atoms with Gasteiger partial charge in [-0.3, -0.25) is 10.2 Å². The Bertz CT molecular complexity index is 1570. The number of anilines is 2. The largest absolute Gasteiger partial charge is 0.457 e. The highest BCUT2D eigenvalue weighted by molar-refractivity contribution is 7.20. The van der Waals surface area contributed by atoms with Crippen LogP contribution in [0, 0.1) is 12.7 Å². The average molecular weight is 523 g/mol. The second-order valence-electron chi connectivity index (χ2n) is 8.38. The number of hydrogen-bond acceptors (Lipinski definition) is 6. The first-order valence-corrected chi connectivity index (χ1v) is 12.6. The molecule has 0 saturated carbocycles. The van der Waals surface area contributed by atoms with Crippen molar-refractivity contribution in [3.63, 3.8) is 0 Å². The maximum atomic E-state index is 13.3. The van der Waals surface area contributed by atoms with Crippen LogP contribution in [0.5, 0.6) is 11.5 Å². The monoisotopic (exact) mass is 522 g/mol. The van der Waals surface area contributed by atoms with Gasteiger partial charge in [-0.15, -0.1) is 0 Å². The number of para-hydroxylation sites is 1. The molecule has 0 unspecified atom stereocenters. The Kier molecular flexibility index (Phi) is 7.52. The van der Waals surface area contributed by atoms with Gasteiger partial charge in [0, 0.05) is 11.1 Å². The SMILES string of the molecule is Cc1ccc(-c2nc(N/N=C/c3cccc(Oc4ccccc4)c3)sc2NC(=O)c2ccc(F)cc2)cc1. The number of halogens is 1. The fourth-order valence-electron chi connectivity index (χ4n) is 3.58. The number of thiazole rings is 1. The van der Waals surface area contributed by atoms with Crippen LogP contribution in [0.3, 0.4) is 0 Å². The van der Waals surface area contributed by atoms with Crippen molar-refractivity contribution in [2.45, 2.75) is 6.92 Å². The molecule has 0 fully saturated rings. The molecule has 0 aliphatic carbocycles. The summed E-state index contributed by atoms with van der Waals surface area (Å²) in [5.41, 5.74) is 6.72. The normalized spacial score (nSPS) is 10.9. The van der Waals surface area contributed by atoms with E-state index in [4.69, 9.17) is 4.74 Å². The Morgan fingerprint density at radius 1 is 0.921 bits per heavy atom. The summed E-state index contributed by atoms with van der Waals surface area (Å²) in [5.74, 6) is 0.691. The summed E-state index contributed by atoms with van der Waals surface area (Å²) in [6.07, 6.45) is 1.67. The molecule has 0 aliphatic rings. The quantitative estimate of drug-likeness (QED) is 0.161. The van der Waals surface area contributed by atoms with Gasteiger partial charge in [-0.05, 0) is 61.0 Å². The molecular weight excluding hydrogens is 499 g/mol. The van der Waals surface area contributed by atoms with Gasteiger partial charge in [-0.25, -0.2) is 9.37 Å². The molecule has 0 radical (unpaired) electrons. The molecule has 38 heavy (non-hydrogen) atoms. The van der Waals surface area contributed by atoms with E-state index in [1.807, 2.05) is 85.8 Å². The first-order chi connectivity index (χ1) is 18.5. The Morgan fingerprint density at radius 3 is 2.42 bits per heavy atom. The van der Waals surface area contributed by atoms with Crippen LogP contribution in [-0.4, -0.2) is 17.1 Å². The Morgan fingerprint density at radius 2 is 1.66 bits per heavy atom. The lowest BCUT2D eigenvalue weighted by atomic mass is 10.1. The number of ether oxygens (including phenoxy) is 1. The number of carbonyl (C=O) groups is 1. The molecule has 188 valence electrons. The van der Waals surface area contributed by atoms with Gasteiger partial charge in [0.25, 0.3) is 5.91 Å². The number of benzene rings is 4. The molecule has 8 heteroatoms. The van der Waals surface area contributed by atoms with Gasteiger partial charge in [-0.2, -0.15) is 5.10 Å². The van der Waals surface area contributed by atoms with Crippen LogP contribution in [0.15, 0.2) is 108 Å². The second kappa shape index (κ2) is 11.5. The van der Waals surface area contributed by atoms with Gasteiger partial charge >= 0.3 is 0 Å². The van der Waals surface area contributed by atoms with Crippen LogP contribution in [0.2, 0.25) is 0 Å². The number of nitrogens with zero attached hydrogens (tertiary/aromatic N) is 2. The highest BCUT2D eigenvalue weighted by Gasteiger charge is 2.16. The topological polar surface area (TPSA) is 75.6 Å². The van der Waals surface area contributed by atoms with Crippen LogP contribution in [0.4, 0.5) is 14.5 Å². The van der Waals surface area contributed by atoms with E-state index in [9.17, 15) is 9.18 Å². The van der Waals surface area contributed by atoms with E-state index in [2.05, 4.69) is 20.8 Å². The molecule has 0 atom stereocenters. The molecule has 0 spiro atoms. The first kappa shape index (κ1) is 24.9. The third kappa shape index (κ3) is 6.29. The molecule has 0 aliphatic heterocycles. The predicted octanol–water partition coefficient (Wildman–Crippen LogP) is 7.75. The number of hydrazone groups is 1. The predicted molar refractivity (Wildman–Crippen MR) is 151 cm³/mol. The minimum absolute atomic E-state index is 0.347. The highest BCUT2D eigenvalue weighted by atomic mass is 32.1. The van der Waals surface area contributed by atoms with Crippen molar-refractivity contribution in [1.29, 1.82) is 0 Å². The molecule has 1 heterocycles. The standard InChI is InChI=1S/C30H23FN4O2S/c1-20-10-12-22(13-11-20)27-29(34-28(36)23-14-16-24(31)17-15-23)38-30(33-27)35-32-19-21-6-5-9-26(18-21)37-25-7-3-2-4-8-25/h2-19H,1H3,(H,33,35)(H,34,36)/b32-19+. The molecule has 4 aromatic carbocycles. The lowest BCUT2D eigenvalue weighted by Gasteiger charge is -2.06. The number of rotatable bonds is 8. The van der Waals surface area contributed by atoms with E-state index in [1.165, 1.54) is 35.6 Å². The number of nitrogens with one attached hydrogen (secondary N) is 2. The highest BCUT2D eigenvalue weighted by Crippen LogP contribution is 2.36. The second-order valence-corrected chi connectivity index (χ2v) is 9.38. The number of carbonyl (C=O) groups excluding carboxylic acids is 1. The third-order valence-electron chi connectivity index (χ3n) is 5.50. The molecule has 6 nitrogen and oxygen atoms in total. The van der Waals surface area contributed by atoms with E-state index < -0.39 is 5.82 Å². The van der Waals surface area contributed by atoms with Crippen molar-refractivity contribution in [2.24, 2.45) is 5.10 Å². The smallest absolute Gasteiger partial charge is 0.256 e. The van der Waals surface area contributed by atoms with Crippen LogP contribution in [-0.2, 0) is 0 Å². The first-order valence-electron chi connectivity index (χ1n) is 11.8. The summed E-state index contributed by atoms with van der Waals surface area (Å²) in [6, 6.07) is 30.4. The Hall–Kier alpha value is -4.82. The number of aryl methyl sites for hydroxylation is 1. The summed E-state index contributed by atoms with van der Waals surface area (Å²) in [5, 5.41) is 8.29. The molecule has 0 saturated heterocycles. The molecule has 1 aromatic heterocycles. The van der Waals surface area contributed by atoms with Gasteiger partial charge < -0.3 is 10.1 Å². The van der Waals surface area contributed by atoms with Gasteiger partial charge in [0.2, 0.25) is 5.13 Å². The third-order valence-corrected chi connectivity index (χ3v) is 6.37. The van der Waals surface area contributed by atoms with E-state index in [1.54, 1.807) is 6.21 Å². The summed E-state index contributed by atoms with van der Waals surface area (Å²) in [4.78, 5) is 17.5. The molecule has 0 bridgehead atoms. The van der Waals surface area contributed by atoms with Crippen molar-refractivity contribution in [3.8, 4) is 22.8 Å². The minimum Gasteiger partial charge on any atom is -0.457 e.